The average molecular weight is 879 g/mol. The first-order valence-corrected chi connectivity index (χ1v) is 26.4. The van der Waals surface area contributed by atoms with Crippen molar-refractivity contribution in [3.8, 4) is 0 Å². The number of unbranched alkanes of at least 4 members (excludes halogenated alkanes) is 24. The summed E-state index contributed by atoms with van der Waals surface area (Å²) in [7, 11) is 0. The lowest BCUT2D eigenvalue weighted by Crippen LogP contribution is -2.30. The van der Waals surface area contributed by atoms with E-state index in [4.69, 9.17) is 14.2 Å². The van der Waals surface area contributed by atoms with Crippen molar-refractivity contribution in [1.82, 2.24) is 0 Å². The first-order chi connectivity index (χ1) is 31.0. The Kier molecular flexibility index (Phi) is 48.9. The Morgan fingerprint density at radius 3 is 0.968 bits per heavy atom. The van der Waals surface area contributed by atoms with Crippen LogP contribution in [-0.4, -0.2) is 37.2 Å². The first kappa shape index (κ1) is 59.9. The van der Waals surface area contributed by atoms with Gasteiger partial charge in [0.15, 0.2) is 6.10 Å². The van der Waals surface area contributed by atoms with Crippen molar-refractivity contribution in [3.05, 3.63) is 72.9 Å². The van der Waals surface area contributed by atoms with Gasteiger partial charge in [-0.15, -0.1) is 0 Å². The fraction of sp³-hybridized carbons (Fsp3) is 0.737. The minimum Gasteiger partial charge on any atom is -0.462 e. The van der Waals surface area contributed by atoms with Crippen LogP contribution < -0.4 is 0 Å². The summed E-state index contributed by atoms with van der Waals surface area (Å²) in [5, 5.41) is 0. The summed E-state index contributed by atoms with van der Waals surface area (Å²) in [4.78, 5) is 38.0. The van der Waals surface area contributed by atoms with E-state index in [-0.39, 0.29) is 37.5 Å². The van der Waals surface area contributed by atoms with Gasteiger partial charge < -0.3 is 14.2 Å². The van der Waals surface area contributed by atoms with Crippen LogP contribution in [0.3, 0.4) is 0 Å². The minimum absolute atomic E-state index is 0.0982. The largest absolute Gasteiger partial charge is 0.462 e. The van der Waals surface area contributed by atoms with E-state index in [0.29, 0.717) is 19.3 Å². The van der Waals surface area contributed by atoms with E-state index in [1.165, 1.54) is 128 Å². The third-order valence-corrected chi connectivity index (χ3v) is 11.2. The second-order valence-corrected chi connectivity index (χ2v) is 17.4. The quantitative estimate of drug-likeness (QED) is 0.0262. The highest BCUT2D eigenvalue weighted by Gasteiger charge is 2.19. The molecule has 0 spiro atoms. The standard InChI is InChI=1S/C57H98O6/c1-4-7-10-13-16-19-22-24-26-28-30-32-35-38-41-44-47-50-56(59)62-53-54(52-61-55(58)49-46-43-40-37-34-21-18-15-12-9-6-3)63-57(60)51-48-45-42-39-36-33-31-29-27-25-23-20-17-14-11-8-5-2/h16-17,19-20,24-27,31,33,39,42,54H,4-15,18,21-23,28-30,32,34-38,40-41,43-53H2,1-3H3/b19-16-,20-17-,26-24-,27-25-,33-31-,42-39-/t54-/m0/s1. The number of hydrogen-bond donors (Lipinski definition) is 0. The van der Waals surface area contributed by atoms with Crippen LogP contribution in [0.2, 0.25) is 0 Å². The molecule has 6 nitrogen and oxygen atoms in total. The lowest BCUT2D eigenvalue weighted by Gasteiger charge is -2.18. The number of esters is 3. The van der Waals surface area contributed by atoms with E-state index in [9.17, 15) is 14.4 Å². The molecule has 0 bridgehead atoms. The second-order valence-electron chi connectivity index (χ2n) is 17.4. The predicted octanol–water partition coefficient (Wildman–Crippen LogP) is 17.4. The zero-order valence-corrected chi connectivity index (χ0v) is 41.3. The van der Waals surface area contributed by atoms with Gasteiger partial charge in [0, 0.05) is 19.3 Å². The van der Waals surface area contributed by atoms with Crippen molar-refractivity contribution in [2.24, 2.45) is 0 Å². The molecule has 0 saturated heterocycles. The Morgan fingerprint density at radius 1 is 0.317 bits per heavy atom. The van der Waals surface area contributed by atoms with Crippen LogP contribution in [0.5, 0.6) is 0 Å². The van der Waals surface area contributed by atoms with Crippen molar-refractivity contribution < 1.29 is 28.6 Å². The smallest absolute Gasteiger partial charge is 0.306 e. The number of hydrogen-bond acceptors (Lipinski definition) is 6. The zero-order chi connectivity index (χ0) is 45.8. The molecule has 0 saturated carbocycles. The maximum atomic E-state index is 12.8. The van der Waals surface area contributed by atoms with Gasteiger partial charge in [0.1, 0.15) is 13.2 Å². The summed E-state index contributed by atoms with van der Waals surface area (Å²) in [6, 6.07) is 0. The fourth-order valence-electron chi connectivity index (χ4n) is 7.17. The molecular formula is C57H98O6. The van der Waals surface area contributed by atoms with E-state index in [2.05, 4.69) is 93.7 Å². The molecule has 0 aromatic heterocycles. The average Bonchev–Trinajstić information content (AvgIpc) is 3.28. The summed E-state index contributed by atoms with van der Waals surface area (Å²) in [5.74, 6) is -0.961. The monoisotopic (exact) mass is 879 g/mol. The van der Waals surface area contributed by atoms with Crippen LogP contribution in [-0.2, 0) is 28.6 Å². The number of allylic oxidation sites excluding steroid dienone is 12. The molecule has 0 aromatic carbocycles. The lowest BCUT2D eigenvalue weighted by molar-refractivity contribution is -0.167. The second kappa shape index (κ2) is 51.5. The highest BCUT2D eigenvalue weighted by atomic mass is 16.6. The molecule has 1 atom stereocenters. The highest BCUT2D eigenvalue weighted by molar-refractivity contribution is 5.71. The topological polar surface area (TPSA) is 78.9 Å². The molecule has 0 rings (SSSR count). The Bertz CT molecular complexity index is 1190. The van der Waals surface area contributed by atoms with Crippen LogP contribution in [0.25, 0.3) is 0 Å². The van der Waals surface area contributed by atoms with Crippen LogP contribution >= 0.6 is 0 Å². The molecule has 0 radical (unpaired) electrons. The third-order valence-electron chi connectivity index (χ3n) is 11.2. The van der Waals surface area contributed by atoms with E-state index in [1.54, 1.807) is 0 Å². The molecule has 0 unspecified atom stereocenters. The maximum absolute atomic E-state index is 12.8. The minimum atomic E-state index is -0.805. The van der Waals surface area contributed by atoms with E-state index < -0.39 is 6.10 Å². The van der Waals surface area contributed by atoms with Crippen molar-refractivity contribution in [1.29, 1.82) is 0 Å². The van der Waals surface area contributed by atoms with Crippen molar-refractivity contribution in [2.75, 3.05) is 13.2 Å². The Hall–Kier alpha value is -3.15. The lowest BCUT2D eigenvalue weighted by atomic mass is 10.1. The van der Waals surface area contributed by atoms with Gasteiger partial charge in [0.05, 0.1) is 0 Å². The molecule has 0 aliphatic carbocycles. The van der Waals surface area contributed by atoms with Crippen molar-refractivity contribution in [3.63, 3.8) is 0 Å². The highest BCUT2D eigenvalue weighted by Crippen LogP contribution is 2.14. The molecule has 0 N–H and O–H groups in total. The van der Waals surface area contributed by atoms with Crippen LogP contribution in [0.1, 0.15) is 252 Å². The summed E-state index contributed by atoms with van der Waals surface area (Å²) < 4.78 is 16.7. The summed E-state index contributed by atoms with van der Waals surface area (Å²) in [5.41, 5.74) is 0. The van der Waals surface area contributed by atoms with Crippen LogP contribution in [0.15, 0.2) is 72.9 Å². The maximum Gasteiger partial charge on any atom is 0.306 e. The normalized spacial score (nSPS) is 12.6. The van der Waals surface area contributed by atoms with Gasteiger partial charge in [-0.2, -0.15) is 0 Å². The van der Waals surface area contributed by atoms with Gasteiger partial charge in [0.25, 0.3) is 0 Å². The van der Waals surface area contributed by atoms with Crippen molar-refractivity contribution in [2.45, 2.75) is 258 Å². The van der Waals surface area contributed by atoms with Gasteiger partial charge in [-0.05, 0) is 89.9 Å². The first-order valence-electron chi connectivity index (χ1n) is 26.4. The summed E-state index contributed by atoms with van der Waals surface area (Å²) in [6.45, 7) is 6.53. The molecule has 362 valence electrons. The van der Waals surface area contributed by atoms with Gasteiger partial charge in [-0.1, -0.05) is 216 Å². The molecule has 63 heavy (non-hydrogen) atoms. The van der Waals surface area contributed by atoms with E-state index >= 15 is 0 Å². The molecule has 0 aliphatic heterocycles. The van der Waals surface area contributed by atoms with Crippen molar-refractivity contribution >= 4 is 17.9 Å². The number of carbonyl (C=O) groups is 3. The molecule has 0 aromatic rings. The Labute approximate surface area is 389 Å². The zero-order valence-electron chi connectivity index (χ0n) is 41.3. The SMILES string of the molecule is CCCCC/C=C\C/C=C\C/C=C\C/C=C\CCCC(=O)O[C@H](COC(=O)CCCCCCCCC/C=C\C/C=C\CCCCC)COC(=O)CCCCCCCCCCCCC. The number of rotatable bonds is 47. The third kappa shape index (κ3) is 49.7. The number of ether oxygens (including phenoxy) is 3. The van der Waals surface area contributed by atoms with Crippen LogP contribution in [0, 0.1) is 0 Å². The fourth-order valence-corrected chi connectivity index (χ4v) is 7.17. The van der Waals surface area contributed by atoms with Gasteiger partial charge >= 0.3 is 17.9 Å². The predicted molar refractivity (Wildman–Crippen MR) is 270 cm³/mol. The molecule has 0 aliphatic rings. The Balaban J connectivity index is 4.46. The van der Waals surface area contributed by atoms with Gasteiger partial charge in [-0.25, -0.2) is 0 Å². The van der Waals surface area contributed by atoms with E-state index in [0.717, 1.165) is 77.0 Å². The number of carbonyl (C=O) groups excluding carboxylic acids is 3. The molecule has 0 amide bonds. The summed E-state index contributed by atoms with van der Waals surface area (Å²) in [6.07, 6.45) is 64.6. The van der Waals surface area contributed by atoms with E-state index in [1.807, 2.05) is 0 Å². The molecule has 0 heterocycles. The Morgan fingerprint density at radius 2 is 0.587 bits per heavy atom. The molecular weight excluding hydrogens is 781 g/mol. The van der Waals surface area contributed by atoms with Gasteiger partial charge in [0.2, 0.25) is 0 Å². The molecule has 6 heteroatoms. The summed E-state index contributed by atoms with van der Waals surface area (Å²) >= 11 is 0. The molecule has 0 fully saturated rings. The van der Waals surface area contributed by atoms with Gasteiger partial charge in [-0.3, -0.25) is 14.4 Å². The van der Waals surface area contributed by atoms with Crippen LogP contribution in [0.4, 0.5) is 0 Å².